The van der Waals surface area contributed by atoms with E-state index >= 15 is 0 Å². The summed E-state index contributed by atoms with van der Waals surface area (Å²) in [5, 5.41) is 8.81. The minimum atomic E-state index is -0.484. The molecule has 0 radical (unpaired) electrons. The van der Waals surface area contributed by atoms with Gasteiger partial charge in [0, 0.05) is 15.4 Å². The van der Waals surface area contributed by atoms with Gasteiger partial charge in [0.25, 0.3) is 0 Å². The molecule has 4 nitrogen and oxygen atoms in total. The predicted octanol–water partition coefficient (Wildman–Crippen LogP) is 2.39. The number of rotatable bonds is 7. The van der Waals surface area contributed by atoms with Crippen LogP contribution in [0.5, 0.6) is 0 Å². The van der Waals surface area contributed by atoms with Gasteiger partial charge in [0.1, 0.15) is 0 Å². The van der Waals surface area contributed by atoms with Gasteiger partial charge in [-0.3, -0.25) is 9.59 Å². The van der Waals surface area contributed by atoms with Crippen molar-refractivity contribution in [3.05, 3.63) is 53.5 Å². The zero-order chi connectivity index (χ0) is 15.9. The number of benzene rings is 1. The number of hydrogen-bond donors (Lipinski definition) is 1. The second-order valence-electron chi connectivity index (χ2n) is 4.81. The molecule has 0 amide bonds. The second-order valence-corrected chi connectivity index (χ2v) is 5.93. The second kappa shape index (κ2) is 8.08. The zero-order valence-electron chi connectivity index (χ0n) is 12.2. The lowest BCUT2D eigenvalue weighted by atomic mass is 9.88. The quantitative estimate of drug-likeness (QED) is 0.618. The Morgan fingerprint density at radius 1 is 1.32 bits per heavy atom. The molecule has 2 rings (SSSR count). The van der Waals surface area contributed by atoms with E-state index in [9.17, 15) is 9.59 Å². The fourth-order valence-corrected chi connectivity index (χ4v) is 3.43. The van der Waals surface area contributed by atoms with E-state index in [4.69, 9.17) is 9.84 Å². The van der Waals surface area contributed by atoms with Crippen LogP contribution in [0.15, 0.2) is 58.4 Å². The molecule has 0 spiro atoms. The van der Waals surface area contributed by atoms with E-state index in [1.807, 2.05) is 30.3 Å². The van der Waals surface area contributed by atoms with Gasteiger partial charge in [-0.25, -0.2) is 0 Å². The van der Waals surface area contributed by atoms with Gasteiger partial charge >= 0.3 is 0 Å². The van der Waals surface area contributed by atoms with Crippen molar-refractivity contribution in [3.63, 3.8) is 0 Å². The van der Waals surface area contributed by atoms with Gasteiger partial charge in [-0.1, -0.05) is 42.6 Å². The summed E-state index contributed by atoms with van der Waals surface area (Å²) in [7, 11) is 0. The first-order valence-corrected chi connectivity index (χ1v) is 7.83. The van der Waals surface area contributed by atoms with Crippen LogP contribution < -0.4 is 0 Å². The SMILES string of the molecule is C=CC1=C(Sc2ccccc2)C(COCCO)C(=O)CC1=O. The van der Waals surface area contributed by atoms with E-state index < -0.39 is 5.92 Å². The predicted molar refractivity (Wildman–Crippen MR) is 85.5 cm³/mol. The fourth-order valence-electron chi connectivity index (χ4n) is 2.24. The first-order chi connectivity index (χ1) is 10.7. The highest BCUT2D eigenvalue weighted by Crippen LogP contribution is 2.39. The van der Waals surface area contributed by atoms with Crippen molar-refractivity contribution in [2.24, 2.45) is 5.92 Å². The molecule has 1 aromatic rings. The van der Waals surface area contributed by atoms with Crippen molar-refractivity contribution in [1.29, 1.82) is 0 Å². The normalized spacial score (nSPS) is 18.7. The molecule has 0 bridgehead atoms. The van der Waals surface area contributed by atoms with E-state index in [-0.39, 0.29) is 37.8 Å². The Bertz CT molecular complexity index is 592. The third kappa shape index (κ3) is 3.94. The highest BCUT2D eigenvalue weighted by Gasteiger charge is 2.34. The van der Waals surface area contributed by atoms with Gasteiger partial charge in [-0.15, -0.1) is 0 Å². The number of aliphatic hydroxyl groups is 1. The van der Waals surface area contributed by atoms with Crippen LogP contribution in [0.2, 0.25) is 0 Å². The fraction of sp³-hybridized carbons (Fsp3) is 0.294. The number of ether oxygens (including phenoxy) is 1. The molecular weight excluding hydrogens is 300 g/mol. The van der Waals surface area contributed by atoms with Gasteiger partial charge in [0.2, 0.25) is 0 Å². The van der Waals surface area contributed by atoms with Crippen molar-refractivity contribution in [2.75, 3.05) is 19.8 Å². The number of carbonyl (C=O) groups excluding carboxylic acids is 2. The summed E-state index contributed by atoms with van der Waals surface area (Å²) < 4.78 is 5.32. The highest BCUT2D eigenvalue weighted by atomic mass is 32.2. The third-order valence-electron chi connectivity index (χ3n) is 3.30. The topological polar surface area (TPSA) is 63.6 Å². The van der Waals surface area contributed by atoms with Crippen LogP contribution in [0.4, 0.5) is 0 Å². The first kappa shape index (κ1) is 16.7. The maximum atomic E-state index is 12.2. The minimum absolute atomic E-state index is 0.0982. The van der Waals surface area contributed by atoms with E-state index in [1.54, 1.807) is 0 Å². The molecule has 0 saturated heterocycles. The molecule has 1 aliphatic rings. The molecule has 1 atom stereocenters. The molecule has 22 heavy (non-hydrogen) atoms. The summed E-state index contributed by atoms with van der Waals surface area (Å²) in [6.07, 6.45) is 1.40. The monoisotopic (exact) mass is 318 g/mol. The Hall–Kier alpha value is -1.69. The van der Waals surface area contributed by atoms with Crippen LogP contribution in [0.3, 0.4) is 0 Å². The van der Waals surface area contributed by atoms with Crippen LogP contribution in [-0.4, -0.2) is 36.5 Å². The Morgan fingerprint density at radius 3 is 2.68 bits per heavy atom. The van der Waals surface area contributed by atoms with Gasteiger partial charge < -0.3 is 9.84 Å². The number of aliphatic hydroxyl groups excluding tert-OH is 1. The summed E-state index contributed by atoms with van der Waals surface area (Å²) in [6, 6.07) is 9.56. The number of Topliss-reactive ketones (excluding diaryl/α,β-unsaturated/α-hetero) is 2. The highest BCUT2D eigenvalue weighted by molar-refractivity contribution is 8.03. The molecular formula is C17H18O4S. The largest absolute Gasteiger partial charge is 0.394 e. The summed E-state index contributed by atoms with van der Waals surface area (Å²) >= 11 is 1.40. The van der Waals surface area contributed by atoms with Crippen LogP contribution in [0, 0.1) is 5.92 Å². The van der Waals surface area contributed by atoms with E-state index in [1.165, 1.54) is 17.8 Å². The lowest BCUT2D eigenvalue weighted by Crippen LogP contribution is -2.30. The Labute approximate surface area is 133 Å². The van der Waals surface area contributed by atoms with Gasteiger partial charge in [-0.2, -0.15) is 0 Å². The summed E-state index contributed by atoms with van der Waals surface area (Å²) in [6.45, 7) is 3.94. The lowest BCUT2D eigenvalue weighted by molar-refractivity contribution is -0.129. The summed E-state index contributed by atoms with van der Waals surface area (Å²) in [4.78, 5) is 25.9. The minimum Gasteiger partial charge on any atom is -0.394 e. The van der Waals surface area contributed by atoms with Crippen molar-refractivity contribution in [1.82, 2.24) is 0 Å². The van der Waals surface area contributed by atoms with Gasteiger partial charge in [0.05, 0.1) is 32.2 Å². The lowest BCUT2D eigenvalue weighted by Gasteiger charge is -2.25. The Kier molecular flexibility index (Phi) is 6.12. The summed E-state index contributed by atoms with van der Waals surface area (Å²) in [5.74, 6) is -0.828. The zero-order valence-corrected chi connectivity index (χ0v) is 13.0. The van der Waals surface area contributed by atoms with Crippen LogP contribution in [0.25, 0.3) is 0 Å². The van der Waals surface area contributed by atoms with Crippen molar-refractivity contribution in [3.8, 4) is 0 Å². The van der Waals surface area contributed by atoms with Crippen molar-refractivity contribution >= 4 is 23.3 Å². The van der Waals surface area contributed by atoms with Gasteiger partial charge in [0.15, 0.2) is 11.6 Å². The van der Waals surface area contributed by atoms with Crippen LogP contribution >= 0.6 is 11.8 Å². The standard InChI is InChI=1S/C17H18O4S/c1-2-13-15(19)10-16(20)14(11-21-9-8-18)17(13)22-12-6-4-3-5-7-12/h2-7,14,18H,1,8-11H2. The third-order valence-corrected chi connectivity index (χ3v) is 4.53. The average Bonchev–Trinajstić information content (AvgIpc) is 2.51. The van der Waals surface area contributed by atoms with Crippen molar-refractivity contribution < 1.29 is 19.4 Å². The molecule has 1 aliphatic carbocycles. The van der Waals surface area contributed by atoms with E-state index in [0.717, 1.165) is 4.90 Å². The Morgan fingerprint density at radius 2 is 2.05 bits per heavy atom. The molecule has 0 fully saturated rings. The number of allylic oxidation sites excluding steroid dienone is 2. The van der Waals surface area contributed by atoms with E-state index in [2.05, 4.69) is 6.58 Å². The van der Waals surface area contributed by atoms with Crippen LogP contribution in [0.1, 0.15) is 6.42 Å². The molecule has 0 aliphatic heterocycles. The molecule has 0 aromatic heterocycles. The molecule has 0 saturated carbocycles. The maximum Gasteiger partial charge on any atom is 0.171 e. The number of carbonyl (C=O) groups is 2. The molecule has 116 valence electrons. The van der Waals surface area contributed by atoms with Crippen molar-refractivity contribution in [2.45, 2.75) is 11.3 Å². The molecule has 1 N–H and O–H groups in total. The Balaban J connectivity index is 2.31. The molecule has 0 heterocycles. The molecule has 1 aromatic carbocycles. The average molecular weight is 318 g/mol. The molecule has 1 unspecified atom stereocenters. The smallest absolute Gasteiger partial charge is 0.171 e. The number of thioether (sulfide) groups is 1. The summed E-state index contributed by atoms with van der Waals surface area (Å²) in [5.41, 5.74) is 0.492. The van der Waals surface area contributed by atoms with Gasteiger partial charge in [-0.05, 0) is 12.1 Å². The number of hydrogen-bond acceptors (Lipinski definition) is 5. The molecule has 5 heteroatoms. The van der Waals surface area contributed by atoms with E-state index in [0.29, 0.717) is 10.5 Å². The maximum absolute atomic E-state index is 12.2. The van der Waals surface area contributed by atoms with Crippen LogP contribution in [-0.2, 0) is 14.3 Å². The number of ketones is 2. The first-order valence-electron chi connectivity index (χ1n) is 7.01.